The number of H-pyrrole nitrogens is 1. The van der Waals surface area contributed by atoms with Gasteiger partial charge in [0, 0.05) is 18.7 Å². The summed E-state index contributed by atoms with van der Waals surface area (Å²) in [5, 5.41) is 0.0621. The summed E-state index contributed by atoms with van der Waals surface area (Å²) in [7, 11) is -0.386. The van der Waals surface area contributed by atoms with E-state index < -0.39 is 20.1 Å². The minimum absolute atomic E-state index is 0.0332. The van der Waals surface area contributed by atoms with Gasteiger partial charge < -0.3 is 13.7 Å². The zero-order valence-electron chi connectivity index (χ0n) is 17.6. The summed E-state index contributed by atoms with van der Waals surface area (Å²) < 4.78 is 14.5. The molecule has 148 valence electrons. The van der Waals surface area contributed by atoms with E-state index >= 15 is 0 Å². The Balaban J connectivity index is 2.54. The van der Waals surface area contributed by atoms with Gasteiger partial charge in [-0.3, -0.25) is 9.78 Å². The molecule has 1 aromatic rings. The zero-order chi connectivity index (χ0) is 20.0. The number of nitrogens with one attached hydrogen (secondary N) is 1. The highest BCUT2D eigenvalue weighted by atomic mass is 28.4. The second kappa shape index (κ2) is 7.09. The monoisotopic (exact) mass is 382 g/mol. The van der Waals surface area contributed by atoms with Crippen LogP contribution in [0.2, 0.25) is 18.1 Å². The molecule has 0 amide bonds. The normalized spacial score (nSPS) is 27.1. The Kier molecular flexibility index (Phi) is 5.76. The molecule has 1 saturated heterocycles. The number of ether oxygens (including phenoxy) is 1. The van der Waals surface area contributed by atoms with Gasteiger partial charge in [-0.05, 0) is 31.5 Å². The summed E-state index contributed by atoms with van der Waals surface area (Å²) in [5.74, 6) is 0.176. The molecule has 2 heterocycles. The van der Waals surface area contributed by atoms with Crippen LogP contribution in [-0.4, -0.2) is 30.1 Å². The van der Waals surface area contributed by atoms with E-state index in [1.54, 1.807) is 14.0 Å². The van der Waals surface area contributed by atoms with Gasteiger partial charge in [-0.1, -0.05) is 34.6 Å². The van der Waals surface area contributed by atoms with Crippen LogP contribution in [0.25, 0.3) is 0 Å². The Morgan fingerprint density at radius 1 is 1.27 bits per heavy atom. The van der Waals surface area contributed by atoms with Crippen LogP contribution in [0, 0.1) is 12.8 Å². The van der Waals surface area contributed by atoms with Gasteiger partial charge in [0.15, 0.2) is 8.32 Å². The smallest absolute Gasteiger partial charge is 0.328 e. The minimum atomic E-state index is -2.05. The summed E-state index contributed by atoms with van der Waals surface area (Å²) in [4.78, 5) is 26.9. The SMILES string of the molecule is CC[C@H]1O[C@@H](c2c(C)n(C)c(=O)[nH]c2=O)[C@@H](O[Si](C)(C)C(C)(C)C)C1C. The van der Waals surface area contributed by atoms with Gasteiger partial charge in [-0.25, -0.2) is 4.79 Å². The van der Waals surface area contributed by atoms with Crippen molar-refractivity contribution in [2.45, 2.75) is 84.4 Å². The van der Waals surface area contributed by atoms with Crippen molar-refractivity contribution in [1.29, 1.82) is 0 Å². The van der Waals surface area contributed by atoms with Crippen molar-refractivity contribution in [3.8, 4) is 0 Å². The van der Waals surface area contributed by atoms with E-state index in [0.29, 0.717) is 11.3 Å². The van der Waals surface area contributed by atoms with Gasteiger partial charge >= 0.3 is 5.69 Å². The van der Waals surface area contributed by atoms with Crippen LogP contribution >= 0.6 is 0 Å². The summed E-state index contributed by atoms with van der Waals surface area (Å²) >= 11 is 0. The Bertz CT molecular complexity index is 775. The van der Waals surface area contributed by atoms with Crippen LogP contribution in [0.3, 0.4) is 0 Å². The predicted octanol–water partition coefficient (Wildman–Crippen LogP) is 3.26. The van der Waals surface area contributed by atoms with E-state index in [4.69, 9.17) is 9.16 Å². The maximum Gasteiger partial charge on any atom is 0.328 e. The standard InChI is InChI=1S/C19H34N2O4Si/c1-10-13-11(2)15(25-26(8,9)19(4,5)6)16(24-13)14-12(3)21(7)18(23)20-17(14)22/h11,13,15-16H,10H2,1-9H3,(H,20,22,23)/t11?,13-,15+,16+/m1/s1. The predicted molar refractivity (Wildman–Crippen MR) is 106 cm³/mol. The lowest BCUT2D eigenvalue weighted by molar-refractivity contribution is 0.00914. The van der Waals surface area contributed by atoms with Gasteiger partial charge in [-0.15, -0.1) is 0 Å². The fourth-order valence-electron chi connectivity index (χ4n) is 3.34. The average Bonchev–Trinajstić information content (AvgIpc) is 2.80. The Morgan fingerprint density at radius 3 is 2.35 bits per heavy atom. The van der Waals surface area contributed by atoms with Gasteiger partial charge in [0.1, 0.15) is 6.10 Å². The van der Waals surface area contributed by atoms with E-state index in [2.05, 4.69) is 52.7 Å². The van der Waals surface area contributed by atoms with Crippen LogP contribution in [0.15, 0.2) is 9.59 Å². The first-order chi connectivity index (χ1) is 11.8. The van der Waals surface area contributed by atoms with Crippen LogP contribution < -0.4 is 11.2 Å². The first-order valence-corrected chi connectivity index (χ1v) is 12.4. The van der Waals surface area contributed by atoms with Crippen molar-refractivity contribution < 1.29 is 9.16 Å². The third-order valence-corrected chi connectivity index (χ3v) is 10.8. The fraction of sp³-hybridized carbons (Fsp3) is 0.789. The van der Waals surface area contributed by atoms with Crippen molar-refractivity contribution in [3.05, 3.63) is 32.1 Å². The van der Waals surface area contributed by atoms with E-state index in [1.807, 2.05) is 0 Å². The van der Waals surface area contributed by atoms with Crippen molar-refractivity contribution in [2.24, 2.45) is 13.0 Å². The number of rotatable bonds is 4. The molecule has 0 aliphatic carbocycles. The number of aromatic nitrogens is 2. The average molecular weight is 383 g/mol. The van der Waals surface area contributed by atoms with Crippen LogP contribution in [0.1, 0.15) is 58.4 Å². The largest absolute Gasteiger partial charge is 0.411 e. The first-order valence-electron chi connectivity index (χ1n) is 9.45. The van der Waals surface area contributed by atoms with E-state index in [0.717, 1.165) is 6.42 Å². The Morgan fingerprint density at radius 2 is 1.85 bits per heavy atom. The first kappa shape index (κ1) is 21.1. The molecule has 0 spiro atoms. The lowest BCUT2D eigenvalue weighted by Gasteiger charge is -2.40. The molecule has 0 radical (unpaired) electrons. The number of aromatic amines is 1. The third-order valence-electron chi connectivity index (χ3n) is 6.31. The molecule has 1 fully saturated rings. The molecule has 26 heavy (non-hydrogen) atoms. The molecule has 2 rings (SSSR count). The van der Waals surface area contributed by atoms with Crippen LogP contribution in [0.5, 0.6) is 0 Å². The summed E-state index contributed by atoms with van der Waals surface area (Å²) in [6.45, 7) is 17.1. The lowest BCUT2D eigenvalue weighted by Crippen LogP contribution is -2.47. The summed E-state index contributed by atoms with van der Waals surface area (Å²) in [6, 6.07) is 0. The van der Waals surface area contributed by atoms with Crippen LogP contribution in [0.4, 0.5) is 0 Å². The molecule has 0 bridgehead atoms. The molecule has 1 aromatic heterocycles. The van der Waals surface area contributed by atoms with Crippen LogP contribution in [-0.2, 0) is 16.2 Å². The van der Waals surface area contributed by atoms with Gasteiger partial charge in [0.25, 0.3) is 5.56 Å². The van der Waals surface area contributed by atoms with Gasteiger partial charge in [0.2, 0.25) is 0 Å². The third kappa shape index (κ3) is 3.61. The highest BCUT2D eigenvalue weighted by Crippen LogP contribution is 2.45. The molecule has 0 aromatic carbocycles. The molecule has 6 nitrogen and oxygen atoms in total. The Hall–Kier alpha value is -1.18. The van der Waals surface area contributed by atoms with Crippen molar-refractivity contribution in [3.63, 3.8) is 0 Å². The quantitative estimate of drug-likeness (QED) is 0.811. The molecule has 4 atom stereocenters. The van der Waals surface area contributed by atoms with E-state index in [9.17, 15) is 9.59 Å². The highest BCUT2D eigenvalue weighted by Gasteiger charge is 2.49. The van der Waals surface area contributed by atoms with Crippen molar-refractivity contribution >= 4 is 8.32 Å². The minimum Gasteiger partial charge on any atom is -0.411 e. The zero-order valence-corrected chi connectivity index (χ0v) is 18.6. The highest BCUT2D eigenvalue weighted by molar-refractivity contribution is 6.74. The molecule has 1 N–H and O–H groups in total. The number of hydrogen-bond donors (Lipinski definition) is 1. The summed E-state index contributed by atoms with van der Waals surface area (Å²) in [6.07, 6.45) is 0.237. The maximum absolute atomic E-state index is 12.6. The van der Waals surface area contributed by atoms with Crippen molar-refractivity contribution in [1.82, 2.24) is 9.55 Å². The molecular weight excluding hydrogens is 348 g/mol. The van der Waals surface area contributed by atoms with E-state index in [-0.39, 0.29) is 28.7 Å². The Labute approximate surface area is 157 Å². The summed E-state index contributed by atoms with van der Waals surface area (Å²) in [5.41, 5.74) is 0.370. The van der Waals surface area contributed by atoms with Gasteiger partial charge in [-0.2, -0.15) is 0 Å². The van der Waals surface area contributed by atoms with E-state index in [1.165, 1.54) is 4.57 Å². The topological polar surface area (TPSA) is 73.3 Å². The maximum atomic E-state index is 12.6. The molecule has 7 heteroatoms. The number of hydrogen-bond acceptors (Lipinski definition) is 4. The molecule has 1 aliphatic heterocycles. The second-order valence-electron chi connectivity index (χ2n) is 9.02. The molecular formula is C19H34N2O4Si. The lowest BCUT2D eigenvalue weighted by atomic mass is 9.94. The number of nitrogens with zero attached hydrogens (tertiary/aromatic N) is 1. The fourth-order valence-corrected chi connectivity index (χ4v) is 4.72. The second-order valence-corrected chi connectivity index (χ2v) is 13.8. The molecule has 1 aliphatic rings. The van der Waals surface area contributed by atoms with Gasteiger partial charge in [0.05, 0.1) is 17.8 Å². The van der Waals surface area contributed by atoms with Crippen molar-refractivity contribution in [2.75, 3.05) is 0 Å². The molecule has 1 unspecified atom stereocenters. The molecule has 0 saturated carbocycles.